The highest BCUT2D eigenvalue weighted by Crippen LogP contribution is 2.44. The van der Waals surface area contributed by atoms with Crippen LogP contribution >= 0.6 is 0 Å². The lowest BCUT2D eigenvalue weighted by Gasteiger charge is -2.39. The zero-order chi connectivity index (χ0) is 23.0. The van der Waals surface area contributed by atoms with Gasteiger partial charge in [-0.1, -0.05) is 6.07 Å². The van der Waals surface area contributed by atoms with Gasteiger partial charge in [0, 0.05) is 6.07 Å². The standard InChI is InChI=1S/C22H26O10/c1-29-21-13(25)6-11(14-5-3-10-2-4-12(24)8-15(10)30-14)7-16(21)31-22-20(28)19(27)18(26)17(9-23)32-22/h2,4,6-8,14,17-20,22-28H,3,5,9H2,1H3/t14-,17+,18+,19-,20+,22-/m0/s1. The number of hydrogen-bond donors (Lipinski definition) is 6. The predicted molar refractivity (Wildman–Crippen MR) is 109 cm³/mol. The van der Waals surface area contributed by atoms with Crippen molar-refractivity contribution in [3.05, 3.63) is 41.5 Å². The summed E-state index contributed by atoms with van der Waals surface area (Å²) in [5.74, 6) is 0.355. The quantitative estimate of drug-likeness (QED) is 0.375. The Labute approximate surface area is 183 Å². The first-order valence-electron chi connectivity index (χ1n) is 10.2. The number of fused-ring (bicyclic) bond motifs is 1. The number of phenols is 2. The zero-order valence-electron chi connectivity index (χ0n) is 17.3. The maximum Gasteiger partial charge on any atom is 0.229 e. The van der Waals surface area contributed by atoms with Gasteiger partial charge in [0.15, 0.2) is 11.5 Å². The summed E-state index contributed by atoms with van der Waals surface area (Å²) in [6.07, 6.45) is -6.52. The maximum atomic E-state index is 10.5. The van der Waals surface area contributed by atoms with E-state index in [2.05, 4.69) is 0 Å². The molecule has 0 radical (unpaired) electrons. The second kappa shape index (κ2) is 9.00. The van der Waals surface area contributed by atoms with Crippen LogP contribution in [-0.4, -0.2) is 75.1 Å². The summed E-state index contributed by atoms with van der Waals surface area (Å²) in [5.41, 5.74) is 1.51. The second-order valence-corrected chi connectivity index (χ2v) is 7.82. The molecule has 0 unspecified atom stereocenters. The Kier molecular flexibility index (Phi) is 6.31. The fourth-order valence-electron chi connectivity index (χ4n) is 3.97. The molecule has 2 aliphatic rings. The first kappa shape index (κ1) is 22.4. The smallest absolute Gasteiger partial charge is 0.229 e. The first-order chi connectivity index (χ1) is 15.3. The number of benzene rings is 2. The molecule has 1 saturated heterocycles. The fraction of sp³-hybridized carbons (Fsp3) is 0.455. The number of hydrogen-bond acceptors (Lipinski definition) is 10. The summed E-state index contributed by atoms with van der Waals surface area (Å²) < 4.78 is 22.3. The van der Waals surface area contributed by atoms with Gasteiger partial charge < -0.3 is 49.6 Å². The Morgan fingerprint density at radius 2 is 1.81 bits per heavy atom. The normalized spacial score (nSPS) is 29.7. The van der Waals surface area contributed by atoms with Gasteiger partial charge in [0.25, 0.3) is 0 Å². The molecule has 0 spiro atoms. The first-order valence-corrected chi connectivity index (χ1v) is 10.2. The molecular formula is C22H26O10. The van der Waals surface area contributed by atoms with Crippen LogP contribution in [0, 0.1) is 0 Å². The molecule has 0 aliphatic carbocycles. The third-order valence-corrected chi connectivity index (χ3v) is 5.72. The highest BCUT2D eigenvalue weighted by atomic mass is 16.7. The number of methoxy groups -OCH3 is 1. The van der Waals surface area contributed by atoms with E-state index in [9.17, 15) is 30.6 Å². The van der Waals surface area contributed by atoms with Gasteiger partial charge in [-0.3, -0.25) is 0 Å². The minimum absolute atomic E-state index is 0.0112. The van der Waals surface area contributed by atoms with Gasteiger partial charge in [-0.2, -0.15) is 0 Å². The van der Waals surface area contributed by atoms with Crippen LogP contribution in [0.2, 0.25) is 0 Å². The van der Waals surface area contributed by atoms with Crippen LogP contribution in [-0.2, 0) is 11.2 Å². The molecule has 174 valence electrons. The van der Waals surface area contributed by atoms with Crippen molar-refractivity contribution in [2.24, 2.45) is 0 Å². The summed E-state index contributed by atoms with van der Waals surface area (Å²) >= 11 is 0. The SMILES string of the molecule is COc1c(O)cc([C@@H]2CCc3ccc(O)cc3O2)cc1O[C@H]1O[C@H](CO)[C@@H](O)[C@H](O)[C@H]1O. The van der Waals surface area contributed by atoms with Crippen molar-refractivity contribution in [3.63, 3.8) is 0 Å². The van der Waals surface area contributed by atoms with Crippen LogP contribution in [0.15, 0.2) is 30.3 Å². The molecule has 2 aromatic rings. The van der Waals surface area contributed by atoms with Crippen molar-refractivity contribution in [2.75, 3.05) is 13.7 Å². The molecule has 6 N–H and O–H groups in total. The van der Waals surface area contributed by atoms with Gasteiger partial charge in [-0.15, -0.1) is 0 Å². The molecule has 0 saturated carbocycles. The molecule has 10 heteroatoms. The third-order valence-electron chi connectivity index (χ3n) is 5.72. The molecule has 1 fully saturated rings. The minimum atomic E-state index is -1.62. The summed E-state index contributed by atoms with van der Waals surface area (Å²) in [6.45, 7) is -0.602. The van der Waals surface area contributed by atoms with E-state index in [0.717, 1.165) is 5.56 Å². The second-order valence-electron chi connectivity index (χ2n) is 7.82. The van der Waals surface area contributed by atoms with E-state index in [0.29, 0.717) is 24.2 Å². The molecule has 32 heavy (non-hydrogen) atoms. The Bertz CT molecular complexity index is 962. The van der Waals surface area contributed by atoms with Gasteiger partial charge >= 0.3 is 0 Å². The molecule has 0 amide bonds. The van der Waals surface area contributed by atoms with Crippen molar-refractivity contribution >= 4 is 0 Å². The number of rotatable bonds is 5. The zero-order valence-corrected chi connectivity index (χ0v) is 17.3. The van der Waals surface area contributed by atoms with E-state index in [4.69, 9.17) is 18.9 Å². The molecule has 10 nitrogen and oxygen atoms in total. The molecule has 2 heterocycles. The van der Waals surface area contributed by atoms with Crippen molar-refractivity contribution in [1.29, 1.82) is 0 Å². The Morgan fingerprint density at radius 3 is 2.53 bits per heavy atom. The van der Waals surface area contributed by atoms with Crippen LogP contribution in [0.3, 0.4) is 0 Å². The van der Waals surface area contributed by atoms with E-state index >= 15 is 0 Å². The highest BCUT2D eigenvalue weighted by molar-refractivity contribution is 5.54. The Hall–Kier alpha value is -2.76. The lowest BCUT2D eigenvalue weighted by Crippen LogP contribution is -2.60. The summed E-state index contributed by atoms with van der Waals surface area (Å²) in [6, 6.07) is 7.93. The number of aliphatic hydroxyl groups excluding tert-OH is 4. The Balaban J connectivity index is 1.62. The number of ether oxygens (including phenoxy) is 4. The minimum Gasteiger partial charge on any atom is -0.508 e. The van der Waals surface area contributed by atoms with Crippen LogP contribution in [0.4, 0.5) is 0 Å². The Morgan fingerprint density at radius 1 is 1.03 bits per heavy atom. The average molecular weight is 450 g/mol. The number of aromatic hydroxyl groups is 2. The van der Waals surface area contributed by atoms with E-state index < -0.39 is 43.4 Å². The summed E-state index contributed by atoms with van der Waals surface area (Å²) in [5, 5.41) is 59.8. The molecular weight excluding hydrogens is 424 g/mol. The molecule has 2 aromatic carbocycles. The molecule has 2 aliphatic heterocycles. The number of aryl methyl sites for hydroxylation is 1. The molecule has 0 bridgehead atoms. The van der Waals surface area contributed by atoms with Crippen LogP contribution in [0.25, 0.3) is 0 Å². The monoisotopic (exact) mass is 450 g/mol. The van der Waals surface area contributed by atoms with Crippen molar-refractivity contribution in [1.82, 2.24) is 0 Å². The van der Waals surface area contributed by atoms with E-state index in [1.54, 1.807) is 18.2 Å². The van der Waals surface area contributed by atoms with E-state index in [-0.39, 0.29) is 23.0 Å². The lowest BCUT2D eigenvalue weighted by molar-refractivity contribution is -0.277. The predicted octanol–water partition coefficient (Wildman–Crippen LogP) is 0.351. The van der Waals surface area contributed by atoms with Crippen molar-refractivity contribution in [3.8, 4) is 28.7 Å². The van der Waals surface area contributed by atoms with E-state index in [1.165, 1.54) is 19.2 Å². The molecule has 4 rings (SSSR count). The van der Waals surface area contributed by atoms with Gasteiger partial charge in [-0.05, 0) is 42.2 Å². The highest BCUT2D eigenvalue weighted by Gasteiger charge is 2.45. The largest absolute Gasteiger partial charge is 0.508 e. The molecule has 6 atom stereocenters. The molecule has 0 aromatic heterocycles. The maximum absolute atomic E-state index is 10.5. The van der Waals surface area contributed by atoms with Crippen molar-refractivity contribution < 1.29 is 49.6 Å². The topological polar surface area (TPSA) is 158 Å². The van der Waals surface area contributed by atoms with Gasteiger partial charge in [0.1, 0.15) is 42.0 Å². The number of aliphatic hydroxyl groups is 4. The average Bonchev–Trinajstić information content (AvgIpc) is 2.78. The summed E-state index contributed by atoms with van der Waals surface area (Å²) in [7, 11) is 1.32. The van der Waals surface area contributed by atoms with Gasteiger partial charge in [-0.25, -0.2) is 0 Å². The fourth-order valence-corrected chi connectivity index (χ4v) is 3.97. The van der Waals surface area contributed by atoms with Crippen LogP contribution < -0.4 is 14.2 Å². The third kappa shape index (κ3) is 4.15. The van der Waals surface area contributed by atoms with Crippen LogP contribution in [0.1, 0.15) is 23.7 Å². The number of phenolic OH excluding ortho intramolecular Hbond substituents is 2. The summed E-state index contributed by atoms with van der Waals surface area (Å²) in [4.78, 5) is 0. The van der Waals surface area contributed by atoms with E-state index in [1.807, 2.05) is 0 Å². The lowest BCUT2D eigenvalue weighted by atomic mass is 9.96. The van der Waals surface area contributed by atoms with Crippen molar-refractivity contribution in [2.45, 2.75) is 49.7 Å². The van der Waals surface area contributed by atoms with Gasteiger partial charge in [0.05, 0.1) is 13.7 Å². The van der Waals surface area contributed by atoms with Crippen LogP contribution in [0.5, 0.6) is 28.7 Å². The van der Waals surface area contributed by atoms with Gasteiger partial charge in [0.2, 0.25) is 12.0 Å².